The number of carbonyl (C=O) groups excluding carboxylic acids is 1. The van der Waals surface area contributed by atoms with E-state index in [1.165, 1.54) is 5.56 Å². The molecule has 116 valence electrons. The van der Waals surface area contributed by atoms with Crippen LogP contribution in [0.25, 0.3) is 21.6 Å². The summed E-state index contributed by atoms with van der Waals surface area (Å²) in [7, 11) is 0. The van der Waals surface area contributed by atoms with Crippen molar-refractivity contribution in [3.8, 4) is 11.1 Å². The number of benzene rings is 2. The van der Waals surface area contributed by atoms with E-state index in [0.717, 1.165) is 11.1 Å². The molecule has 23 heavy (non-hydrogen) atoms. The summed E-state index contributed by atoms with van der Waals surface area (Å²) in [5.41, 5.74) is 11.8. The number of rotatable bonds is 5. The number of carbonyl (C=O) groups is 1. The van der Waals surface area contributed by atoms with E-state index in [-0.39, 0.29) is 11.8 Å². The summed E-state index contributed by atoms with van der Waals surface area (Å²) in [5, 5.41) is 3.59. The van der Waals surface area contributed by atoms with Gasteiger partial charge in [0.05, 0.1) is 0 Å². The van der Waals surface area contributed by atoms with Gasteiger partial charge in [-0.2, -0.15) is 0 Å². The van der Waals surface area contributed by atoms with Gasteiger partial charge in [0.15, 0.2) is 0 Å². The Morgan fingerprint density at radius 3 is 2.70 bits per heavy atom. The molecular weight excluding hydrogens is 288 g/mol. The Morgan fingerprint density at radius 1 is 1.13 bits per heavy atom. The molecular formula is C18H18N4O. The van der Waals surface area contributed by atoms with Crippen LogP contribution in [0.4, 0.5) is 0 Å². The molecule has 0 aliphatic carbocycles. The maximum Gasteiger partial charge on any atom is 0.223 e. The molecule has 0 saturated carbocycles. The Morgan fingerprint density at radius 2 is 1.91 bits per heavy atom. The van der Waals surface area contributed by atoms with Crippen LogP contribution in [0, 0.1) is 5.92 Å². The van der Waals surface area contributed by atoms with Gasteiger partial charge in [0, 0.05) is 31.0 Å². The SMILES string of the molecule is [N-]=[N+]=NCC1CC(=O)N(Cc2cccc(-c3ccccc3)c2)C1. The van der Waals surface area contributed by atoms with E-state index >= 15 is 0 Å². The molecule has 1 amide bonds. The Balaban J connectivity index is 1.71. The third-order valence-electron chi connectivity index (χ3n) is 4.11. The predicted octanol–water partition coefficient (Wildman–Crippen LogP) is 4.01. The first-order valence-electron chi connectivity index (χ1n) is 7.69. The second-order valence-electron chi connectivity index (χ2n) is 5.82. The molecule has 0 radical (unpaired) electrons. The summed E-state index contributed by atoms with van der Waals surface area (Å²) < 4.78 is 0. The van der Waals surface area contributed by atoms with Crippen LogP contribution in [0.5, 0.6) is 0 Å². The van der Waals surface area contributed by atoms with Crippen molar-refractivity contribution in [2.24, 2.45) is 11.0 Å². The average Bonchev–Trinajstić information content (AvgIpc) is 2.94. The zero-order chi connectivity index (χ0) is 16.1. The molecule has 0 N–H and O–H groups in total. The summed E-state index contributed by atoms with van der Waals surface area (Å²) in [6, 6.07) is 18.5. The molecule has 5 heteroatoms. The maximum atomic E-state index is 12.1. The van der Waals surface area contributed by atoms with Crippen LogP contribution in [0.15, 0.2) is 59.7 Å². The number of likely N-dealkylation sites (tertiary alicyclic amines) is 1. The van der Waals surface area contributed by atoms with E-state index in [0.29, 0.717) is 26.1 Å². The second-order valence-corrected chi connectivity index (χ2v) is 5.82. The maximum absolute atomic E-state index is 12.1. The van der Waals surface area contributed by atoms with Crippen LogP contribution in [0.1, 0.15) is 12.0 Å². The number of hydrogen-bond acceptors (Lipinski definition) is 2. The number of nitrogens with zero attached hydrogens (tertiary/aromatic N) is 4. The molecule has 1 fully saturated rings. The highest BCUT2D eigenvalue weighted by atomic mass is 16.2. The Bertz CT molecular complexity index is 738. The molecule has 1 aliphatic rings. The van der Waals surface area contributed by atoms with Gasteiger partial charge in [0.2, 0.25) is 5.91 Å². The minimum atomic E-state index is 0.133. The van der Waals surface area contributed by atoms with Crippen molar-refractivity contribution in [1.29, 1.82) is 0 Å². The number of hydrogen-bond donors (Lipinski definition) is 0. The lowest BCUT2D eigenvalue weighted by molar-refractivity contribution is -0.128. The fourth-order valence-electron chi connectivity index (χ4n) is 2.98. The van der Waals surface area contributed by atoms with Crippen molar-refractivity contribution < 1.29 is 4.79 Å². The van der Waals surface area contributed by atoms with E-state index in [4.69, 9.17) is 5.53 Å². The number of azide groups is 1. The Labute approximate surface area is 135 Å². The molecule has 2 aromatic carbocycles. The second kappa shape index (κ2) is 6.99. The fourth-order valence-corrected chi connectivity index (χ4v) is 2.98. The molecule has 1 heterocycles. The molecule has 5 nitrogen and oxygen atoms in total. The van der Waals surface area contributed by atoms with E-state index in [1.54, 1.807) is 0 Å². The molecule has 0 bridgehead atoms. The van der Waals surface area contributed by atoms with Gasteiger partial charge in [-0.25, -0.2) is 0 Å². The van der Waals surface area contributed by atoms with Crippen molar-refractivity contribution in [2.75, 3.05) is 13.1 Å². The van der Waals surface area contributed by atoms with Crippen LogP contribution in [-0.2, 0) is 11.3 Å². The van der Waals surface area contributed by atoms with Crippen molar-refractivity contribution in [1.82, 2.24) is 4.90 Å². The van der Waals surface area contributed by atoms with Gasteiger partial charge in [-0.3, -0.25) is 4.79 Å². The van der Waals surface area contributed by atoms with E-state index in [9.17, 15) is 4.79 Å². The lowest BCUT2D eigenvalue weighted by Gasteiger charge is -2.17. The lowest BCUT2D eigenvalue weighted by atomic mass is 10.0. The molecule has 0 spiro atoms. The van der Waals surface area contributed by atoms with Crippen LogP contribution in [0.2, 0.25) is 0 Å². The van der Waals surface area contributed by atoms with Crippen molar-refractivity contribution in [3.05, 3.63) is 70.6 Å². The van der Waals surface area contributed by atoms with Gasteiger partial charge in [-0.15, -0.1) is 0 Å². The Hall–Kier alpha value is -2.78. The summed E-state index contributed by atoms with van der Waals surface area (Å²) in [6.45, 7) is 1.66. The van der Waals surface area contributed by atoms with Crippen molar-refractivity contribution >= 4 is 5.91 Å². The third-order valence-corrected chi connectivity index (χ3v) is 4.11. The third kappa shape index (κ3) is 3.71. The van der Waals surface area contributed by atoms with E-state index < -0.39 is 0 Å². The molecule has 2 aromatic rings. The molecule has 1 saturated heterocycles. The summed E-state index contributed by atoms with van der Waals surface area (Å²) in [6.07, 6.45) is 0.470. The van der Waals surface area contributed by atoms with E-state index in [2.05, 4.69) is 34.3 Å². The summed E-state index contributed by atoms with van der Waals surface area (Å²) >= 11 is 0. The standard InChI is InChI=1S/C18H18N4O/c19-21-20-11-15-10-18(23)22(13-15)12-14-5-4-8-17(9-14)16-6-2-1-3-7-16/h1-9,15H,10-13H2. The molecule has 1 unspecified atom stereocenters. The van der Waals surface area contributed by atoms with Gasteiger partial charge >= 0.3 is 0 Å². The number of amides is 1. The lowest BCUT2D eigenvalue weighted by Crippen LogP contribution is -2.24. The van der Waals surface area contributed by atoms with Crippen LogP contribution in [-0.4, -0.2) is 23.9 Å². The van der Waals surface area contributed by atoms with Gasteiger partial charge in [0.25, 0.3) is 0 Å². The highest BCUT2D eigenvalue weighted by Crippen LogP contribution is 2.24. The zero-order valence-corrected chi connectivity index (χ0v) is 12.8. The van der Waals surface area contributed by atoms with Crippen molar-refractivity contribution in [3.63, 3.8) is 0 Å². The first-order chi connectivity index (χ1) is 11.3. The highest BCUT2D eigenvalue weighted by Gasteiger charge is 2.28. The van der Waals surface area contributed by atoms with E-state index in [1.807, 2.05) is 35.2 Å². The van der Waals surface area contributed by atoms with Gasteiger partial charge < -0.3 is 4.90 Å². The van der Waals surface area contributed by atoms with Crippen LogP contribution in [0.3, 0.4) is 0 Å². The average molecular weight is 306 g/mol. The molecule has 0 aromatic heterocycles. The van der Waals surface area contributed by atoms with Crippen LogP contribution < -0.4 is 0 Å². The molecule has 1 atom stereocenters. The quantitative estimate of drug-likeness (QED) is 0.467. The van der Waals surface area contributed by atoms with Crippen LogP contribution >= 0.6 is 0 Å². The molecule has 1 aliphatic heterocycles. The fraction of sp³-hybridized carbons (Fsp3) is 0.278. The summed E-state index contributed by atoms with van der Waals surface area (Å²) in [4.78, 5) is 16.7. The minimum Gasteiger partial charge on any atom is -0.338 e. The molecule has 3 rings (SSSR count). The first-order valence-corrected chi connectivity index (χ1v) is 7.69. The normalized spacial score (nSPS) is 17.1. The Kier molecular flexibility index (Phi) is 4.60. The largest absolute Gasteiger partial charge is 0.338 e. The predicted molar refractivity (Wildman–Crippen MR) is 89.4 cm³/mol. The smallest absolute Gasteiger partial charge is 0.223 e. The highest BCUT2D eigenvalue weighted by molar-refractivity contribution is 5.78. The van der Waals surface area contributed by atoms with Gasteiger partial charge in [-0.05, 0) is 34.2 Å². The first kappa shape index (κ1) is 15.1. The zero-order valence-electron chi connectivity index (χ0n) is 12.8. The summed E-state index contributed by atoms with van der Waals surface area (Å²) in [5.74, 6) is 0.268. The van der Waals surface area contributed by atoms with Gasteiger partial charge in [-0.1, -0.05) is 53.6 Å². The minimum absolute atomic E-state index is 0.133. The monoisotopic (exact) mass is 306 g/mol. The van der Waals surface area contributed by atoms with Gasteiger partial charge in [0.1, 0.15) is 0 Å². The topological polar surface area (TPSA) is 69.1 Å². The van der Waals surface area contributed by atoms with Crippen molar-refractivity contribution in [2.45, 2.75) is 13.0 Å².